The number of unbranched alkanes of at least 4 members (excludes halogenated alkanes) is 19. The van der Waals surface area contributed by atoms with Crippen molar-refractivity contribution in [2.45, 2.75) is 187 Å². The molecule has 0 aliphatic rings. The van der Waals surface area contributed by atoms with E-state index >= 15 is 0 Å². The topological polar surface area (TPSA) is 102 Å². The Hall–Kier alpha value is -1.93. The highest BCUT2D eigenvalue weighted by Crippen LogP contribution is 2.15. The summed E-state index contributed by atoms with van der Waals surface area (Å²) in [6.07, 6.45) is 31.0. The minimum absolute atomic E-state index is 0.0373. The monoisotopic (exact) mass is 682 g/mol. The lowest BCUT2D eigenvalue weighted by Crippen LogP contribution is -2.55. The molecule has 2 unspecified atom stereocenters. The molecule has 0 aliphatic carbocycles. The summed E-state index contributed by atoms with van der Waals surface area (Å²) in [5, 5.41) is 11.6. The predicted molar refractivity (Wildman–Crippen MR) is 194 cm³/mol. The van der Waals surface area contributed by atoms with E-state index in [-0.39, 0.29) is 42.7 Å². The molecule has 0 spiro atoms. The van der Waals surface area contributed by atoms with Crippen LogP contribution in [0.1, 0.15) is 174 Å². The molecular formula is C40H75NO7. The minimum atomic E-state index is -1.13. The molecule has 0 N–H and O–H groups in total. The van der Waals surface area contributed by atoms with Crippen molar-refractivity contribution in [1.29, 1.82) is 0 Å². The molecule has 282 valence electrons. The number of rotatable bonds is 35. The average Bonchev–Trinajstić information content (AvgIpc) is 3.03. The summed E-state index contributed by atoms with van der Waals surface area (Å²) >= 11 is 0. The molecule has 0 fully saturated rings. The van der Waals surface area contributed by atoms with Gasteiger partial charge in [-0.15, -0.1) is 0 Å². The highest BCUT2D eigenvalue weighted by atomic mass is 16.6. The van der Waals surface area contributed by atoms with E-state index < -0.39 is 18.1 Å². The Balaban J connectivity index is 4.38. The zero-order valence-electron chi connectivity index (χ0n) is 31.9. The van der Waals surface area contributed by atoms with E-state index in [1.807, 2.05) is 0 Å². The van der Waals surface area contributed by atoms with Crippen LogP contribution in [0.4, 0.5) is 0 Å². The summed E-state index contributed by atoms with van der Waals surface area (Å²) < 4.78 is 17.0. The van der Waals surface area contributed by atoms with Crippen molar-refractivity contribution in [3.63, 3.8) is 0 Å². The van der Waals surface area contributed by atoms with E-state index in [1.165, 1.54) is 103 Å². The molecule has 0 aromatic carbocycles. The van der Waals surface area contributed by atoms with Crippen LogP contribution in [0.5, 0.6) is 0 Å². The fourth-order valence-corrected chi connectivity index (χ4v) is 5.78. The molecule has 0 heterocycles. The fraction of sp³-hybridized carbons (Fsp3) is 0.875. The van der Waals surface area contributed by atoms with E-state index in [2.05, 4.69) is 26.0 Å². The van der Waals surface area contributed by atoms with Crippen LogP contribution < -0.4 is 5.11 Å². The normalized spacial score (nSPS) is 13.1. The second-order valence-electron chi connectivity index (χ2n) is 14.5. The number of allylic oxidation sites excluding steroid dienone is 2. The van der Waals surface area contributed by atoms with Crippen LogP contribution >= 0.6 is 0 Å². The Kier molecular flexibility index (Phi) is 31.0. The van der Waals surface area contributed by atoms with Gasteiger partial charge in [0.15, 0.2) is 6.10 Å². The summed E-state index contributed by atoms with van der Waals surface area (Å²) in [4.78, 5) is 36.6. The molecule has 8 heteroatoms. The van der Waals surface area contributed by atoms with Gasteiger partial charge in [0.2, 0.25) is 0 Å². The number of nitrogens with zero attached hydrogens (tertiary/aromatic N) is 1. The Labute approximate surface area is 295 Å². The predicted octanol–water partition coefficient (Wildman–Crippen LogP) is 8.63. The van der Waals surface area contributed by atoms with Crippen LogP contribution in [0, 0.1) is 0 Å². The number of carbonyl (C=O) groups is 3. The molecule has 0 bridgehead atoms. The number of carbonyl (C=O) groups excluding carboxylic acids is 3. The Morgan fingerprint density at radius 2 is 1.06 bits per heavy atom. The molecule has 0 saturated heterocycles. The van der Waals surface area contributed by atoms with Crippen molar-refractivity contribution in [3.05, 3.63) is 12.2 Å². The van der Waals surface area contributed by atoms with E-state index in [1.54, 1.807) is 21.1 Å². The molecule has 8 nitrogen and oxygen atoms in total. The number of carboxylic acid groups (broad SMARTS) is 1. The third-order valence-electron chi connectivity index (χ3n) is 8.90. The van der Waals surface area contributed by atoms with E-state index in [0.717, 1.165) is 32.1 Å². The zero-order valence-corrected chi connectivity index (χ0v) is 31.9. The molecule has 2 atom stereocenters. The van der Waals surface area contributed by atoms with Gasteiger partial charge >= 0.3 is 11.9 Å². The number of likely N-dealkylation sites (N-methyl/N-ethyl adjacent to an activating group) is 1. The summed E-state index contributed by atoms with van der Waals surface area (Å²) in [5.74, 6) is -1.77. The highest BCUT2D eigenvalue weighted by Gasteiger charge is 2.25. The van der Waals surface area contributed by atoms with Crippen molar-refractivity contribution in [1.82, 2.24) is 0 Å². The molecule has 0 radical (unpaired) electrons. The molecule has 0 aromatic heterocycles. The van der Waals surface area contributed by atoms with Crippen molar-refractivity contribution >= 4 is 17.9 Å². The number of hydrogen-bond acceptors (Lipinski definition) is 7. The van der Waals surface area contributed by atoms with Crippen LogP contribution in [0.2, 0.25) is 0 Å². The summed E-state index contributed by atoms with van der Waals surface area (Å²) in [7, 11) is 5.39. The average molecular weight is 682 g/mol. The molecule has 0 amide bonds. The van der Waals surface area contributed by atoms with Gasteiger partial charge in [-0.25, -0.2) is 0 Å². The highest BCUT2D eigenvalue weighted by molar-refractivity contribution is 5.70. The number of hydrogen-bond donors (Lipinski definition) is 0. The number of ether oxygens (including phenoxy) is 3. The second kappa shape index (κ2) is 32.3. The molecular weight excluding hydrogens is 606 g/mol. The summed E-state index contributed by atoms with van der Waals surface area (Å²) in [6.45, 7) is 4.60. The van der Waals surface area contributed by atoms with Crippen LogP contribution in [0.3, 0.4) is 0 Å². The maximum absolute atomic E-state index is 12.6. The van der Waals surface area contributed by atoms with Crippen molar-refractivity contribution in [3.8, 4) is 0 Å². The van der Waals surface area contributed by atoms with Crippen LogP contribution in [-0.4, -0.2) is 75.5 Å². The van der Waals surface area contributed by atoms with Crippen LogP contribution in [0.15, 0.2) is 12.2 Å². The zero-order chi connectivity index (χ0) is 35.7. The molecule has 0 aliphatic heterocycles. The van der Waals surface area contributed by atoms with Crippen LogP contribution in [0.25, 0.3) is 0 Å². The lowest BCUT2D eigenvalue weighted by molar-refractivity contribution is -0.889. The quantitative estimate of drug-likeness (QED) is 0.0286. The smallest absolute Gasteiger partial charge is 0.306 e. The molecule has 0 saturated carbocycles. The van der Waals surface area contributed by atoms with Gasteiger partial charge < -0.3 is 28.6 Å². The van der Waals surface area contributed by atoms with Crippen LogP contribution in [-0.2, 0) is 28.6 Å². The largest absolute Gasteiger partial charge is 0.544 e. The minimum Gasteiger partial charge on any atom is -0.544 e. The summed E-state index contributed by atoms with van der Waals surface area (Å²) in [6, 6.07) is -0.723. The first-order valence-electron chi connectivity index (χ1n) is 19.7. The van der Waals surface area contributed by atoms with Gasteiger partial charge in [-0.3, -0.25) is 9.59 Å². The Morgan fingerprint density at radius 3 is 1.56 bits per heavy atom. The van der Waals surface area contributed by atoms with Crippen molar-refractivity contribution in [2.24, 2.45) is 0 Å². The van der Waals surface area contributed by atoms with Crippen molar-refractivity contribution in [2.75, 3.05) is 41.0 Å². The molecule has 48 heavy (non-hydrogen) atoms. The number of aliphatic carboxylic acids is 1. The van der Waals surface area contributed by atoms with E-state index in [4.69, 9.17) is 14.2 Å². The molecule has 0 rings (SSSR count). The van der Waals surface area contributed by atoms with Gasteiger partial charge in [-0.05, 0) is 32.1 Å². The first-order valence-corrected chi connectivity index (χ1v) is 19.7. The van der Waals surface area contributed by atoms with E-state index in [0.29, 0.717) is 19.3 Å². The second-order valence-corrected chi connectivity index (χ2v) is 14.5. The third-order valence-corrected chi connectivity index (χ3v) is 8.90. The van der Waals surface area contributed by atoms with E-state index in [9.17, 15) is 19.5 Å². The lowest BCUT2D eigenvalue weighted by Gasteiger charge is -2.34. The maximum Gasteiger partial charge on any atom is 0.306 e. The lowest BCUT2D eigenvalue weighted by atomic mass is 10.0. The van der Waals surface area contributed by atoms with Gasteiger partial charge in [0.05, 0.1) is 40.3 Å². The van der Waals surface area contributed by atoms with Crippen molar-refractivity contribution < 1.29 is 38.2 Å². The Morgan fingerprint density at radius 1 is 0.604 bits per heavy atom. The first kappa shape index (κ1) is 46.1. The third kappa shape index (κ3) is 30.2. The van der Waals surface area contributed by atoms with Gasteiger partial charge in [-0.1, -0.05) is 135 Å². The fourth-order valence-electron chi connectivity index (χ4n) is 5.78. The van der Waals surface area contributed by atoms with Gasteiger partial charge in [0.1, 0.15) is 12.6 Å². The maximum atomic E-state index is 12.6. The number of quaternary nitrogens is 1. The number of esters is 2. The molecule has 0 aromatic rings. The van der Waals surface area contributed by atoms with Gasteiger partial charge in [0, 0.05) is 19.3 Å². The van der Waals surface area contributed by atoms with Gasteiger partial charge in [0.25, 0.3) is 0 Å². The Bertz CT molecular complexity index is 808. The first-order chi connectivity index (χ1) is 23.1. The van der Waals surface area contributed by atoms with Gasteiger partial charge in [-0.2, -0.15) is 0 Å². The summed E-state index contributed by atoms with van der Waals surface area (Å²) in [5.41, 5.74) is 0. The SMILES string of the molecule is CCCCCC/C=C/CCCC(=O)OCC(COCCC(C(=O)[O-])[N+](C)(C)C)OC(=O)CCCCCCCCCCCCCCCCC. The number of carboxylic acids is 1. The standard InChI is InChI=1S/C40H75NO7/c1-6-8-10-12-14-16-17-18-19-20-21-23-25-27-29-31-39(43)48-36(34-46-33-32-37(40(44)45)41(3,4)5)35-47-38(42)30-28-26-24-22-15-13-11-9-7-2/h22,24,36-37H,6-21,23,25-35H2,1-5H3/b24-22+.